The molecule has 1 unspecified atom stereocenters. The fourth-order valence-corrected chi connectivity index (χ4v) is 1.28. The lowest BCUT2D eigenvalue weighted by Crippen LogP contribution is -2.06. The Morgan fingerprint density at radius 1 is 1.59 bits per heavy atom. The molecule has 0 saturated carbocycles. The van der Waals surface area contributed by atoms with E-state index in [1.54, 1.807) is 19.1 Å². The van der Waals surface area contributed by atoms with Gasteiger partial charge in [0.2, 0.25) is 0 Å². The number of hydrogen-bond acceptors (Lipinski definition) is 3. The number of carboxylic acids is 1. The minimum atomic E-state index is -1.03. The summed E-state index contributed by atoms with van der Waals surface area (Å²) >= 11 is 0. The largest absolute Gasteiger partial charge is 0.496 e. The first-order valence-corrected chi connectivity index (χ1v) is 5.06. The minimum Gasteiger partial charge on any atom is -0.496 e. The van der Waals surface area contributed by atoms with Crippen LogP contribution in [0.5, 0.6) is 5.75 Å². The second kappa shape index (κ2) is 5.92. The van der Waals surface area contributed by atoms with Crippen LogP contribution in [0, 0.1) is 12.3 Å². The molecule has 0 aromatic heterocycles. The summed E-state index contributed by atoms with van der Waals surface area (Å²) in [5.41, 5.74) is 0.854. The molecule has 1 rings (SSSR count). The van der Waals surface area contributed by atoms with Gasteiger partial charge in [-0.25, -0.2) is 4.79 Å². The molecule has 1 N–H and O–H groups in total. The molecule has 4 heteroatoms. The van der Waals surface area contributed by atoms with E-state index in [1.165, 1.54) is 13.2 Å². The number of methoxy groups -OCH3 is 1. The Labute approximate surface area is 100 Å². The van der Waals surface area contributed by atoms with Crippen LogP contribution in [-0.4, -0.2) is 24.3 Å². The molecule has 1 aromatic rings. The van der Waals surface area contributed by atoms with E-state index in [1.807, 2.05) is 0 Å². The van der Waals surface area contributed by atoms with Gasteiger partial charge in [-0.05, 0) is 24.6 Å². The molecule has 0 fully saturated rings. The Balaban J connectivity index is 2.86. The van der Waals surface area contributed by atoms with Crippen LogP contribution in [0.3, 0.4) is 0 Å². The first kappa shape index (κ1) is 13.1. The van der Waals surface area contributed by atoms with Gasteiger partial charge in [-0.3, -0.25) is 0 Å². The number of benzene rings is 1. The number of carbonyl (C=O) groups is 1. The van der Waals surface area contributed by atoms with Crippen LogP contribution in [-0.2, 0) is 11.3 Å². The highest BCUT2D eigenvalue weighted by atomic mass is 16.5. The highest BCUT2D eigenvalue weighted by molar-refractivity contribution is 5.91. The normalized spacial score (nSPS) is 11.6. The topological polar surface area (TPSA) is 55.8 Å². The quantitative estimate of drug-likeness (QED) is 0.791. The molecule has 0 heterocycles. The van der Waals surface area contributed by atoms with E-state index in [4.69, 9.17) is 21.0 Å². The van der Waals surface area contributed by atoms with E-state index in [2.05, 4.69) is 5.92 Å². The number of hydrogen-bond donors (Lipinski definition) is 1. The lowest BCUT2D eigenvalue weighted by Gasteiger charge is -2.09. The van der Waals surface area contributed by atoms with Gasteiger partial charge in [0, 0.05) is 0 Å². The monoisotopic (exact) mass is 234 g/mol. The van der Waals surface area contributed by atoms with Gasteiger partial charge in [-0.1, -0.05) is 12.0 Å². The smallest absolute Gasteiger partial charge is 0.339 e. The molecule has 1 aromatic carbocycles. The van der Waals surface area contributed by atoms with Crippen LogP contribution >= 0.6 is 0 Å². The van der Waals surface area contributed by atoms with Crippen molar-refractivity contribution in [1.82, 2.24) is 0 Å². The molecule has 90 valence electrons. The summed E-state index contributed by atoms with van der Waals surface area (Å²) in [5.74, 6) is 1.72. The molecule has 17 heavy (non-hydrogen) atoms. The maximum Gasteiger partial charge on any atom is 0.339 e. The first-order valence-electron chi connectivity index (χ1n) is 5.06. The maximum absolute atomic E-state index is 11.0. The van der Waals surface area contributed by atoms with Crippen molar-refractivity contribution in [2.24, 2.45) is 0 Å². The van der Waals surface area contributed by atoms with E-state index >= 15 is 0 Å². The van der Waals surface area contributed by atoms with Crippen molar-refractivity contribution in [3.05, 3.63) is 29.3 Å². The third-order valence-electron chi connectivity index (χ3n) is 2.23. The highest BCUT2D eigenvalue weighted by Gasteiger charge is 2.11. The van der Waals surface area contributed by atoms with Crippen LogP contribution in [0.2, 0.25) is 0 Å². The Morgan fingerprint density at radius 3 is 2.82 bits per heavy atom. The molecule has 0 aliphatic rings. The van der Waals surface area contributed by atoms with Gasteiger partial charge in [-0.2, -0.15) is 0 Å². The van der Waals surface area contributed by atoms with Crippen LogP contribution in [0.25, 0.3) is 0 Å². The standard InChI is InChI=1S/C13H14O4/c1-4-9(2)17-8-10-5-6-12(16-3)11(7-10)13(14)15/h1,5-7,9H,8H2,2-3H3,(H,14,15). The van der Waals surface area contributed by atoms with Gasteiger partial charge >= 0.3 is 5.97 Å². The average Bonchev–Trinajstić information content (AvgIpc) is 2.35. The third-order valence-corrected chi connectivity index (χ3v) is 2.23. The second-order valence-corrected chi connectivity index (χ2v) is 3.46. The molecule has 0 spiro atoms. The van der Waals surface area contributed by atoms with Gasteiger partial charge in [-0.15, -0.1) is 6.42 Å². The lowest BCUT2D eigenvalue weighted by atomic mass is 10.1. The third kappa shape index (κ3) is 3.51. The van der Waals surface area contributed by atoms with Gasteiger partial charge in [0.1, 0.15) is 17.4 Å². The molecule has 0 aliphatic heterocycles. The van der Waals surface area contributed by atoms with Crippen molar-refractivity contribution in [3.8, 4) is 18.1 Å². The fourth-order valence-electron chi connectivity index (χ4n) is 1.28. The van der Waals surface area contributed by atoms with Gasteiger partial charge in [0.25, 0.3) is 0 Å². The molecular weight excluding hydrogens is 220 g/mol. The molecular formula is C13H14O4. The zero-order valence-electron chi connectivity index (χ0n) is 9.77. The molecule has 4 nitrogen and oxygen atoms in total. The lowest BCUT2D eigenvalue weighted by molar-refractivity contribution is 0.0692. The number of terminal acetylenes is 1. The van der Waals surface area contributed by atoms with Crippen LogP contribution in [0.1, 0.15) is 22.8 Å². The first-order chi connectivity index (χ1) is 8.08. The summed E-state index contributed by atoms with van der Waals surface area (Å²) < 4.78 is 10.3. The Morgan fingerprint density at radius 2 is 2.29 bits per heavy atom. The molecule has 0 radical (unpaired) electrons. The predicted molar refractivity (Wildman–Crippen MR) is 63.0 cm³/mol. The second-order valence-electron chi connectivity index (χ2n) is 3.46. The van der Waals surface area contributed by atoms with Crippen molar-refractivity contribution in [2.45, 2.75) is 19.6 Å². The van der Waals surface area contributed by atoms with Gasteiger partial charge < -0.3 is 14.6 Å². The van der Waals surface area contributed by atoms with Crippen LogP contribution in [0.4, 0.5) is 0 Å². The van der Waals surface area contributed by atoms with Crippen LogP contribution < -0.4 is 4.74 Å². The van der Waals surface area contributed by atoms with Crippen molar-refractivity contribution in [2.75, 3.05) is 7.11 Å². The fraction of sp³-hybridized carbons (Fsp3) is 0.308. The van der Waals surface area contributed by atoms with Crippen LogP contribution in [0.15, 0.2) is 18.2 Å². The predicted octanol–water partition coefficient (Wildman–Crippen LogP) is 1.93. The van der Waals surface area contributed by atoms with E-state index in [0.29, 0.717) is 5.75 Å². The summed E-state index contributed by atoms with van der Waals surface area (Å²) in [6.07, 6.45) is 4.87. The summed E-state index contributed by atoms with van der Waals surface area (Å²) in [6, 6.07) is 4.86. The Bertz CT molecular complexity index is 445. The van der Waals surface area contributed by atoms with Crippen molar-refractivity contribution in [3.63, 3.8) is 0 Å². The Kier molecular flexibility index (Phi) is 4.56. The number of ether oxygens (including phenoxy) is 2. The van der Waals surface area contributed by atoms with Crippen molar-refractivity contribution < 1.29 is 19.4 Å². The summed E-state index contributed by atoms with van der Waals surface area (Å²) in [6.45, 7) is 2.03. The van der Waals surface area contributed by atoms with E-state index < -0.39 is 5.97 Å². The van der Waals surface area contributed by atoms with Crippen molar-refractivity contribution in [1.29, 1.82) is 0 Å². The van der Waals surface area contributed by atoms with Crippen molar-refractivity contribution >= 4 is 5.97 Å². The highest BCUT2D eigenvalue weighted by Crippen LogP contribution is 2.20. The number of carboxylic acid groups (broad SMARTS) is 1. The minimum absolute atomic E-state index is 0.113. The zero-order valence-corrected chi connectivity index (χ0v) is 9.77. The Hall–Kier alpha value is -1.99. The maximum atomic E-state index is 11.0. The summed E-state index contributed by atoms with van der Waals surface area (Å²) in [5, 5.41) is 8.99. The molecule has 0 saturated heterocycles. The number of aromatic carboxylic acids is 1. The molecule has 1 atom stereocenters. The molecule has 0 amide bonds. The zero-order chi connectivity index (χ0) is 12.8. The van der Waals surface area contributed by atoms with E-state index in [0.717, 1.165) is 5.56 Å². The molecule has 0 aliphatic carbocycles. The SMILES string of the molecule is C#CC(C)OCc1ccc(OC)c(C(=O)O)c1. The average molecular weight is 234 g/mol. The number of rotatable bonds is 5. The summed E-state index contributed by atoms with van der Waals surface area (Å²) in [7, 11) is 1.43. The van der Waals surface area contributed by atoms with E-state index in [-0.39, 0.29) is 18.3 Å². The molecule has 0 bridgehead atoms. The van der Waals surface area contributed by atoms with E-state index in [9.17, 15) is 4.79 Å². The van der Waals surface area contributed by atoms with Gasteiger partial charge in [0.15, 0.2) is 0 Å². The summed E-state index contributed by atoms with van der Waals surface area (Å²) in [4.78, 5) is 11.0. The van der Waals surface area contributed by atoms with Gasteiger partial charge in [0.05, 0.1) is 13.7 Å².